The molecule has 0 saturated heterocycles. The predicted molar refractivity (Wildman–Crippen MR) is 186 cm³/mol. The van der Waals surface area contributed by atoms with Gasteiger partial charge in [-0.15, -0.1) is 0 Å². The minimum Gasteiger partial charge on any atom is -0.497 e. The summed E-state index contributed by atoms with van der Waals surface area (Å²) in [4.78, 5) is 5.20. The summed E-state index contributed by atoms with van der Waals surface area (Å²) in [5, 5.41) is 7.26. The molecule has 8 rings (SSSR count). The quantitative estimate of drug-likeness (QED) is 0.188. The van der Waals surface area contributed by atoms with E-state index in [0.29, 0.717) is 5.90 Å². The van der Waals surface area contributed by atoms with Crippen molar-refractivity contribution in [2.45, 2.75) is 32.9 Å². The normalized spacial score (nSPS) is 17.8. The second kappa shape index (κ2) is 10.2. The fraction of sp³-hybridized carbons (Fsp3) is 0.195. The molecule has 0 radical (unpaired) electrons. The molecular formula is C41H35NO3. The van der Waals surface area contributed by atoms with E-state index in [1.54, 1.807) is 14.2 Å². The van der Waals surface area contributed by atoms with Gasteiger partial charge in [0.2, 0.25) is 5.90 Å². The first-order valence-corrected chi connectivity index (χ1v) is 15.5. The molecule has 6 aromatic rings. The van der Waals surface area contributed by atoms with E-state index in [1.807, 2.05) is 24.3 Å². The molecule has 2 aliphatic rings. The highest BCUT2D eigenvalue weighted by atomic mass is 16.5. The molecule has 4 nitrogen and oxygen atoms in total. The predicted octanol–water partition coefficient (Wildman–Crippen LogP) is 9.99. The maximum absolute atomic E-state index is 6.63. The van der Waals surface area contributed by atoms with Gasteiger partial charge in [-0.25, -0.2) is 4.99 Å². The highest BCUT2D eigenvalue weighted by Crippen LogP contribution is 2.45. The van der Waals surface area contributed by atoms with Crippen molar-refractivity contribution >= 4 is 38.2 Å². The topological polar surface area (TPSA) is 40.0 Å². The Morgan fingerprint density at radius 1 is 0.644 bits per heavy atom. The Labute approximate surface area is 263 Å². The van der Waals surface area contributed by atoms with E-state index in [4.69, 9.17) is 19.2 Å². The second-order valence-electron chi connectivity index (χ2n) is 13.0. The highest BCUT2D eigenvalue weighted by Gasteiger charge is 2.34. The average Bonchev–Trinajstić information content (AvgIpc) is 3.50. The molecular weight excluding hydrogens is 554 g/mol. The summed E-state index contributed by atoms with van der Waals surface area (Å²) in [6.07, 6.45) is 6.55. The van der Waals surface area contributed by atoms with Crippen molar-refractivity contribution in [2.24, 2.45) is 10.4 Å². The van der Waals surface area contributed by atoms with Gasteiger partial charge in [-0.1, -0.05) is 93.6 Å². The zero-order valence-corrected chi connectivity index (χ0v) is 26.2. The van der Waals surface area contributed by atoms with E-state index in [9.17, 15) is 0 Å². The maximum atomic E-state index is 6.63. The number of allylic oxidation sites excluding steroid dienone is 2. The SMILES string of the molecule is COc1ccc(-c2ccc3ccc4c(-c5ccc(OC)cc5)cc(C5=NC6C=C(C(C)(C)C)C=CC6O5)c5ccc2c3c54)cc1. The molecule has 0 amide bonds. The van der Waals surface area contributed by atoms with Gasteiger partial charge in [0.25, 0.3) is 0 Å². The van der Waals surface area contributed by atoms with E-state index < -0.39 is 0 Å². The number of rotatable bonds is 5. The van der Waals surface area contributed by atoms with E-state index in [-0.39, 0.29) is 17.6 Å². The van der Waals surface area contributed by atoms with Crippen LogP contribution in [0.3, 0.4) is 0 Å². The summed E-state index contributed by atoms with van der Waals surface area (Å²) in [6, 6.07) is 32.4. The Hall–Kier alpha value is -5.09. The molecule has 0 aromatic heterocycles. The summed E-state index contributed by atoms with van der Waals surface area (Å²) < 4.78 is 17.6. The van der Waals surface area contributed by atoms with Crippen LogP contribution in [0.1, 0.15) is 26.3 Å². The molecule has 1 aliphatic heterocycles. The highest BCUT2D eigenvalue weighted by molar-refractivity contribution is 6.30. The number of aliphatic imine (C=N–C) groups is 1. The Balaban J connectivity index is 1.39. The van der Waals surface area contributed by atoms with Crippen LogP contribution >= 0.6 is 0 Å². The van der Waals surface area contributed by atoms with Crippen LogP contribution in [0.15, 0.2) is 120 Å². The molecule has 1 aliphatic carbocycles. The van der Waals surface area contributed by atoms with Crippen molar-refractivity contribution in [1.29, 1.82) is 0 Å². The molecule has 4 heteroatoms. The van der Waals surface area contributed by atoms with Crippen molar-refractivity contribution in [3.8, 4) is 33.8 Å². The molecule has 0 fully saturated rings. The molecule has 1 heterocycles. The lowest BCUT2D eigenvalue weighted by molar-refractivity contribution is 0.253. The number of ether oxygens (including phenoxy) is 3. The van der Waals surface area contributed by atoms with Crippen molar-refractivity contribution in [1.82, 2.24) is 0 Å². The lowest BCUT2D eigenvalue weighted by Crippen LogP contribution is -2.24. The molecule has 222 valence electrons. The van der Waals surface area contributed by atoms with Gasteiger partial charge < -0.3 is 14.2 Å². The third-order valence-electron chi connectivity index (χ3n) is 9.35. The minimum atomic E-state index is -0.101. The number of methoxy groups -OCH3 is 2. The van der Waals surface area contributed by atoms with Crippen LogP contribution in [0.2, 0.25) is 0 Å². The van der Waals surface area contributed by atoms with Crippen LogP contribution < -0.4 is 9.47 Å². The van der Waals surface area contributed by atoms with Crippen molar-refractivity contribution in [2.75, 3.05) is 14.2 Å². The van der Waals surface area contributed by atoms with Gasteiger partial charge in [0.15, 0.2) is 0 Å². The van der Waals surface area contributed by atoms with Crippen LogP contribution in [0.4, 0.5) is 0 Å². The Kier molecular flexibility index (Phi) is 6.25. The number of fused-ring (bicyclic) bond motifs is 1. The molecule has 45 heavy (non-hydrogen) atoms. The van der Waals surface area contributed by atoms with Gasteiger partial charge in [0, 0.05) is 5.56 Å². The molecule has 2 unspecified atom stereocenters. The average molecular weight is 590 g/mol. The summed E-state index contributed by atoms with van der Waals surface area (Å²) in [6.45, 7) is 6.73. The number of nitrogens with zero attached hydrogens (tertiary/aromatic N) is 1. The van der Waals surface area contributed by atoms with E-state index in [1.165, 1.54) is 38.1 Å². The van der Waals surface area contributed by atoms with Gasteiger partial charge in [-0.3, -0.25) is 0 Å². The van der Waals surface area contributed by atoms with Crippen LogP contribution in [0, 0.1) is 5.41 Å². The minimum absolute atomic E-state index is 0.0381. The molecule has 6 aromatic carbocycles. The summed E-state index contributed by atoms with van der Waals surface area (Å²) in [5.41, 5.74) is 6.98. The van der Waals surface area contributed by atoms with Gasteiger partial charge in [-0.05, 0) is 102 Å². The lowest BCUT2D eigenvalue weighted by atomic mass is 9.82. The van der Waals surface area contributed by atoms with Gasteiger partial charge in [-0.2, -0.15) is 0 Å². The van der Waals surface area contributed by atoms with Gasteiger partial charge in [0.05, 0.1) is 14.2 Å². The standard InChI is InChI=1S/C41H35NO3/c1-41(2,3)27-12-21-37-36(22-27)42-40(45-37)35-23-34(25-8-15-29(44-5)16-9-25)32-18-11-26-10-17-30(24-6-13-28(43-4)14-7-24)31-19-20-33(35)39(32)38(26)31/h6-23,36-37H,1-5H3. The number of hydrogen-bond donors (Lipinski definition) is 0. The zero-order chi connectivity index (χ0) is 30.9. The largest absolute Gasteiger partial charge is 0.497 e. The van der Waals surface area contributed by atoms with Crippen molar-refractivity contribution in [3.05, 3.63) is 120 Å². The van der Waals surface area contributed by atoms with Crippen LogP contribution in [-0.4, -0.2) is 32.3 Å². The monoisotopic (exact) mass is 589 g/mol. The van der Waals surface area contributed by atoms with Gasteiger partial charge in [0.1, 0.15) is 23.6 Å². The first-order valence-electron chi connectivity index (χ1n) is 15.5. The van der Waals surface area contributed by atoms with Crippen LogP contribution in [0.25, 0.3) is 54.6 Å². The van der Waals surface area contributed by atoms with Crippen LogP contribution in [-0.2, 0) is 4.74 Å². The van der Waals surface area contributed by atoms with Crippen LogP contribution in [0.5, 0.6) is 11.5 Å². The first kappa shape index (κ1) is 27.5. The maximum Gasteiger partial charge on any atom is 0.218 e. The first-order chi connectivity index (χ1) is 21.8. The third-order valence-corrected chi connectivity index (χ3v) is 9.35. The summed E-state index contributed by atoms with van der Waals surface area (Å²) in [7, 11) is 3.40. The fourth-order valence-corrected chi connectivity index (χ4v) is 6.90. The smallest absolute Gasteiger partial charge is 0.218 e. The Morgan fingerprint density at radius 3 is 1.87 bits per heavy atom. The van der Waals surface area contributed by atoms with Gasteiger partial charge >= 0.3 is 0 Å². The number of hydrogen-bond acceptors (Lipinski definition) is 4. The molecule has 2 atom stereocenters. The third kappa shape index (κ3) is 4.47. The lowest BCUT2D eigenvalue weighted by Gasteiger charge is -2.25. The zero-order valence-electron chi connectivity index (χ0n) is 26.2. The Morgan fingerprint density at radius 2 is 1.22 bits per heavy atom. The van der Waals surface area contributed by atoms with Crippen molar-refractivity contribution < 1.29 is 14.2 Å². The summed E-state index contributed by atoms with van der Waals surface area (Å²) in [5.74, 6) is 2.38. The molecule has 0 bridgehead atoms. The van der Waals surface area contributed by atoms with E-state index in [0.717, 1.165) is 39.1 Å². The summed E-state index contributed by atoms with van der Waals surface area (Å²) >= 11 is 0. The second-order valence-corrected chi connectivity index (χ2v) is 13.0. The number of benzene rings is 6. The molecule has 0 spiro atoms. The molecule has 0 saturated carbocycles. The van der Waals surface area contributed by atoms with E-state index >= 15 is 0 Å². The Bertz CT molecular complexity index is 2180. The van der Waals surface area contributed by atoms with E-state index in [2.05, 4.69) is 106 Å². The molecule has 0 N–H and O–H groups in total. The fourth-order valence-electron chi connectivity index (χ4n) is 6.90. The van der Waals surface area contributed by atoms with Crippen molar-refractivity contribution in [3.63, 3.8) is 0 Å².